The molecule has 0 atom stereocenters. The Morgan fingerprint density at radius 2 is 1.79 bits per heavy atom. The van der Waals surface area contributed by atoms with Gasteiger partial charge in [0.25, 0.3) is 5.91 Å². The van der Waals surface area contributed by atoms with Gasteiger partial charge in [0.2, 0.25) is 0 Å². The fourth-order valence-corrected chi connectivity index (χ4v) is 2.73. The Bertz CT molecular complexity index is 1120. The molecule has 0 saturated heterocycles. The molecule has 4 rings (SSSR count). The van der Waals surface area contributed by atoms with Gasteiger partial charge in [0.1, 0.15) is 24.4 Å². The zero-order valence-electron chi connectivity index (χ0n) is 14.6. The number of hydrogen-bond acceptors (Lipinski definition) is 7. The Hall–Kier alpha value is -3.81. The van der Waals surface area contributed by atoms with Gasteiger partial charge in [0, 0.05) is 17.1 Å². The summed E-state index contributed by atoms with van der Waals surface area (Å²) in [5.74, 6) is -0.374. The minimum Gasteiger partial charge on any atom is -0.486 e. The lowest BCUT2D eigenvalue weighted by atomic mass is 10.2. The van der Waals surface area contributed by atoms with E-state index < -0.39 is 24.1 Å². The lowest BCUT2D eigenvalue weighted by Gasteiger charge is -2.19. The summed E-state index contributed by atoms with van der Waals surface area (Å²) in [6, 6.07) is 13.1. The standard InChI is InChI=1S/C20H15NO7/c22-18(21-13-5-6-16-17(10-13)26-8-7-25-16)11-27-19(23)14-9-12-3-1-2-4-15(12)28-20(14)24/h1-6,9-10H,7-8,11H2,(H,21,22). The van der Waals surface area contributed by atoms with Crippen molar-refractivity contribution < 1.29 is 28.2 Å². The Morgan fingerprint density at radius 1 is 1.00 bits per heavy atom. The summed E-state index contributed by atoms with van der Waals surface area (Å²) < 4.78 is 20.9. The molecule has 0 radical (unpaired) electrons. The molecule has 1 aromatic heterocycles. The molecule has 0 spiro atoms. The molecule has 142 valence electrons. The summed E-state index contributed by atoms with van der Waals surface area (Å²) in [6.45, 7) is 0.341. The molecular formula is C20H15NO7. The lowest BCUT2D eigenvalue weighted by molar-refractivity contribution is -0.119. The summed E-state index contributed by atoms with van der Waals surface area (Å²) in [7, 11) is 0. The van der Waals surface area contributed by atoms with E-state index in [0.29, 0.717) is 41.4 Å². The Morgan fingerprint density at radius 3 is 2.64 bits per heavy atom. The molecule has 1 amide bonds. The fraction of sp³-hybridized carbons (Fsp3) is 0.150. The Kier molecular flexibility index (Phi) is 4.67. The van der Waals surface area contributed by atoms with E-state index in [1.165, 1.54) is 6.07 Å². The average molecular weight is 381 g/mol. The van der Waals surface area contributed by atoms with E-state index in [4.69, 9.17) is 18.6 Å². The monoisotopic (exact) mass is 381 g/mol. The van der Waals surface area contributed by atoms with Gasteiger partial charge in [-0.05, 0) is 24.3 Å². The van der Waals surface area contributed by atoms with Gasteiger partial charge in [-0.3, -0.25) is 4.79 Å². The van der Waals surface area contributed by atoms with Crippen molar-refractivity contribution in [1.29, 1.82) is 0 Å². The number of benzene rings is 2. The van der Waals surface area contributed by atoms with E-state index in [0.717, 1.165) is 0 Å². The van der Waals surface area contributed by atoms with Crippen LogP contribution < -0.4 is 20.4 Å². The smallest absolute Gasteiger partial charge is 0.351 e. The quantitative estimate of drug-likeness (QED) is 0.546. The first-order valence-electron chi connectivity index (χ1n) is 8.50. The van der Waals surface area contributed by atoms with E-state index in [1.807, 2.05) is 0 Å². The summed E-state index contributed by atoms with van der Waals surface area (Å²) in [5.41, 5.74) is -0.266. The van der Waals surface area contributed by atoms with Gasteiger partial charge in [-0.2, -0.15) is 0 Å². The molecular weight excluding hydrogens is 366 g/mol. The number of carbonyl (C=O) groups is 2. The van der Waals surface area contributed by atoms with Crippen LogP contribution in [0, 0.1) is 0 Å². The van der Waals surface area contributed by atoms with Crippen LogP contribution in [0.15, 0.2) is 57.7 Å². The third-order valence-corrected chi connectivity index (χ3v) is 4.02. The summed E-state index contributed by atoms with van der Waals surface area (Å²) in [4.78, 5) is 36.2. The third-order valence-electron chi connectivity index (χ3n) is 4.02. The van der Waals surface area contributed by atoms with E-state index in [2.05, 4.69) is 5.32 Å². The van der Waals surface area contributed by atoms with Gasteiger partial charge in [-0.1, -0.05) is 18.2 Å². The van der Waals surface area contributed by atoms with Crippen LogP contribution in [0.4, 0.5) is 5.69 Å². The molecule has 0 aliphatic carbocycles. The molecule has 3 aromatic rings. The molecule has 2 aromatic carbocycles. The van der Waals surface area contributed by atoms with Gasteiger partial charge in [-0.15, -0.1) is 0 Å². The number of ether oxygens (including phenoxy) is 3. The van der Waals surface area contributed by atoms with Crippen LogP contribution in [0.25, 0.3) is 11.0 Å². The predicted molar refractivity (Wildman–Crippen MR) is 98.8 cm³/mol. The number of fused-ring (bicyclic) bond motifs is 2. The predicted octanol–water partition coefficient (Wildman–Crippen LogP) is 2.36. The molecule has 2 heterocycles. The van der Waals surface area contributed by atoms with Gasteiger partial charge in [-0.25, -0.2) is 9.59 Å². The number of rotatable bonds is 4. The van der Waals surface area contributed by atoms with Gasteiger partial charge >= 0.3 is 11.6 Å². The largest absolute Gasteiger partial charge is 0.486 e. The topological polar surface area (TPSA) is 104 Å². The Balaban J connectivity index is 1.40. The molecule has 1 aliphatic heterocycles. The highest BCUT2D eigenvalue weighted by atomic mass is 16.6. The number of anilines is 1. The number of para-hydroxylation sites is 1. The zero-order chi connectivity index (χ0) is 19.5. The first-order valence-corrected chi connectivity index (χ1v) is 8.50. The maximum atomic E-state index is 12.2. The van der Waals surface area contributed by atoms with Crippen molar-refractivity contribution in [3.05, 3.63) is 64.5 Å². The molecule has 0 bridgehead atoms. The summed E-state index contributed by atoms with van der Waals surface area (Å²) >= 11 is 0. The number of hydrogen-bond donors (Lipinski definition) is 1. The molecule has 0 unspecified atom stereocenters. The zero-order valence-corrected chi connectivity index (χ0v) is 14.6. The molecule has 8 nitrogen and oxygen atoms in total. The maximum Gasteiger partial charge on any atom is 0.351 e. The van der Waals surface area contributed by atoms with Crippen molar-refractivity contribution >= 4 is 28.5 Å². The number of esters is 1. The van der Waals surface area contributed by atoms with E-state index in [1.54, 1.807) is 42.5 Å². The van der Waals surface area contributed by atoms with Crippen LogP contribution in [0.5, 0.6) is 11.5 Å². The van der Waals surface area contributed by atoms with Crippen LogP contribution >= 0.6 is 0 Å². The molecule has 8 heteroatoms. The van der Waals surface area contributed by atoms with Crippen LogP contribution in [-0.2, 0) is 9.53 Å². The van der Waals surface area contributed by atoms with Crippen molar-refractivity contribution in [2.24, 2.45) is 0 Å². The van der Waals surface area contributed by atoms with Crippen molar-refractivity contribution in [1.82, 2.24) is 0 Å². The summed E-state index contributed by atoms with van der Waals surface area (Å²) in [5, 5.41) is 3.17. The second-order valence-electron chi connectivity index (χ2n) is 5.97. The van der Waals surface area contributed by atoms with Crippen LogP contribution in [0.2, 0.25) is 0 Å². The number of carbonyl (C=O) groups excluding carboxylic acids is 2. The first-order chi connectivity index (χ1) is 13.6. The normalized spacial score (nSPS) is 12.4. The van der Waals surface area contributed by atoms with E-state index in [-0.39, 0.29) is 5.56 Å². The highest BCUT2D eigenvalue weighted by Gasteiger charge is 2.17. The molecule has 0 fully saturated rings. The first kappa shape index (κ1) is 17.6. The lowest BCUT2D eigenvalue weighted by Crippen LogP contribution is -2.23. The maximum absolute atomic E-state index is 12.2. The Labute approximate surface area is 158 Å². The van der Waals surface area contributed by atoms with Gasteiger partial charge in [0.05, 0.1) is 0 Å². The van der Waals surface area contributed by atoms with Crippen LogP contribution in [0.1, 0.15) is 10.4 Å². The minimum absolute atomic E-state index is 0.272. The second kappa shape index (κ2) is 7.43. The SMILES string of the molecule is O=C(COC(=O)c1cc2ccccc2oc1=O)Nc1ccc2c(c1)OCCO2. The highest BCUT2D eigenvalue weighted by Crippen LogP contribution is 2.32. The highest BCUT2D eigenvalue weighted by molar-refractivity contribution is 5.96. The van der Waals surface area contributed by atoms with E-state index in [9.17, 15) is 14.4 Å². The van der Waals surface area contributed by atoms with E-state index >= 15 is 0 Å². The molecule has 1 aliphatic rings. The van der Waals surface area contributed by atoms with Crippen molar-refractivity contribution in [2.45, 2.75) is 0 Å². The minimum atomic E-state index is -0.933. The average Bonchev–Trinajstić information content (AvgIpc) is 2.71. The molecule has 28 heavy (non-hydrogen) atoms. The van der Waals surface area contributed by atoms with Crippen molar-refractivity contribution in [3.63, 3.8) is 0 Å². The van der Waals surface area contributed by atoms with Crippen molar-refractivity contribution in [3.8, 4) is 11.5 Å². The molecule has 1 N–H and O–H groups in total. The van der Waals surface area contributed by atoms with Gasteiger partial charge < -0.3 is 23.9 Å². The second-order valence-corrected chi connectivity index (χ2v) is 5.97. The van der Waals surface area contributed by atoms with Gasteiger partial charge in [0.15, 0.2) is 18.1 Å². The van der Waals surface area contributed by atoms with Crippen LogP contribution in [0.3, 0.4) is 0 Å². The van der Waals surface area contributed by atoms with Crippen LogP contribution in [-0.4, -0.2) is 31.7 Å². The fourth-order valence-electron chi connectivity index (χ4n) is 2.73. The summed E-state index contributed by atoms with van der Waals surface area (Å²) in [6.07, 6.45) is 0. The third kappa shape index (κ3) is 3.66. The number of nitrogens with one attached hydrogen (secondary N) is 1. The molecule has 0 saturated carbocycles. The van der Waals surface area contributed by atoms with Crippen molar-refractivity contribution in [2.75, 3.05) is 25.1 Å². The number of amides is 1.